The van der Waals surface area contributed by atoms with Crippen LogP contribution in [0.2, 0.25) is 0 Å². The Morgan fingerprint density at radius 2 is 1.93 bits per heavy atom. The fraction of sp³-hybridized carbons (Fsp3) is 0.100. The smallest absolute Gasteiger partial charge is 0.163 e. The number of anilines is 1. The first kappa shape index (κ1) is 16.5. The molecule has 3 aromatic heterocycles. The van der Waals surface area contributed by atoms with Crippen molar-refractivity contribution in [2.75, 3.05) is 5.73 Å². The van der Waals surface area contributed by atoms with E-state index >= 15 is 0 Å². The summed E-state index contributed by atoms with van der Waals surface area (Å²) in [5.74, 6) is 0.250. The molecular weight excluding hydrogens is 340 g/mol. The molecule has 4 aromatic rings. The maximum absolute atomic E-state index is 9.77. The summed E-state index contributed by atoms with van der Waals surface area (Å²) in [6.07, 6.45) is 1.68. The first-order valence-electron chi connectivity index (χ1n) is 8.30. The van der Waals surface area contributed by atoms with Crippen molar-refractivity contribution in [1.82, 2.24) is 19.6 Å². The summed E-state index contributed by atoms with van der Waals surface area (Å²) < 4.78 is 1.73. The van der Waals surface area contributed by atoms with Crippen molar-refractivity contribution in [3.63, 3.8) is 0 Å². The number of phenolic OH excluding ortho intramolecular Hbond substituents is 1. The maximum Gasteiger partial charge on any atom is 0.163 e. The first-order chi connectivity index (χ1) is 13.0. The number of nitriles is 1. The van der Waals surface area contributed by atoms with E-state index in [4.69, 9.17) is 5.73 Å². The Morgan fingerprint density at radius 1 is 1.11 bits per heavy atom. The molecule has 0 atom stereocenters. The van der Waals surface area contributed by atoms with E-state index in [1.54, 1.807) is 35.0 Å². The predicted molar refractivity (Wildman–Crippen MR) is 102 cm³/mol. The monoisotopic (exact) mass is 356 g/mol. The lowest BCUT2D eigenvalue weighted by Gasteiger charge is -2.10. The number of nitrogen functional groups attached to an aromatic ring is 1. The number of fused-ring (bicyclic) bond motifs is 1. The molecule has 0 bridgehead atoms. The summed E-state index contributed by atoms with van der Waals surface area (Å²) in [7, 11) is 0. The SMILES string of the molecule is Cc1cc(C)n2ncc(-c3cc(-c4cccc(O)c4)nc(N)c3C#N)c2n1. The molecule has 0 aliphatic carbocycles. The largest absolute Gasteiger partial charge is 0.508 e. The number of rotatable bonds is 2. The van der Waals surface area contributed by atoms with E-state index in [9.17, 15) is 10.4 Å². The van der Waals surface area contributed by atoms with Gasteiger partial charge in [-0.3, -0.25) is 0 Å². The zero-order valence-electron chi connectivity index (χ0n) is 14.8. The lowest BCUT2D eigenvalue weighted by molar-refractivity contribution is 0.475. The summed E-state index contributed by atoms with van der Waals surface area (Å²) in [5.41, 5.74) is 11.4. The highest BCUT2D eigenvalue weighted by Crippen LogP contribution is 2.34. The Kier molecular flexibility index (Phi) is 3.74. The molecule has 0 aliphatic rings. The number of aryl methyl sites for hydroxylation is 2. The van der Waals surface area contributed by atoms with Crippen LogP contribution in [-0.4, -0.2) is 24.7 Å². The van der Waals surface area contributed by atoms with Crippen LogP contribution in [0.15, 0.2) is 42.6 Å². The Morgan fingerprint density at radius 3 is 2.67 bits per heavy atom. The molecule has 0 spiro atoms. The molecule has 3 N–H and O–H groups in total. The van der Waals surface area contributed by atoms with Crippen LogP contribution < -0.4 is 5.73 Å². The van der Waals surface area contributed by atoms with Crippen molar-refractivity contribution in [2.24, 2.45) is 0 Å². The van der Waals surface area contributed by atoms with E-state index in [-0.39, 0.29) is 17.1 Å². The summed E-state index contributed by atoms with van der Waals surface area (Å²) >= 11 is 0. The van der Waals surface area contributed by atoms with Gasteiger partial charge in [-0.1, -0.05) is 12.1 Å². The topological polar surface area (TPSA) is 113 Å². The fourth-order valence-corrected chi connectivity index (χ4v) is 3.17. The molecule has 0 radical (unpaired) electrons. The van der Waals surface area contributed by atoms with E-state index in [1.807, 2.05) is 26.0 Å². The quantitative estimate of drug-likeness (QED) is 0.570. The summed E-state index contributed by atoms with van der Waals surface area (Å²) in [6.45, 7) is 3.86. The van der Waals surface area contributed by atoms with Gasteiger partial charge in [0.05, 0.1) is 11.9 Å². The zero-order valence-corrected chi connectivity index (χ0v) is 14.8. The van der Waals surface area contributed by atoms with Crippen LogP contribution in [0.4, 0.5) is 5.82 Å². The second-order valence-corrected chi connectivity index (χ2v) is 6.31. The molecule has 132 valence electrons. The van der Waals surface area contributed by atoms with Crippen molar-refractivity contribution in [1.29, 1.82) is 5.26 Å². The predicted octanol–water partition coefficient (Wildman–Crippen LogP) is 3.23. The van der Waals surface area contributed by atoms with E-state index in [2.05, 4.69) is 21.1 Å². The number of phenols is 1. The third kappa shape index (κ3) is 2.73. The minimum atomic E-state index is 0.122. The molecular formula is C20H16N6O. The Labute approximate surface area is 155 Å². The van der Waals surface area contributed by atoms with Crippen LogP contribution in [0.5, 0.6) is 5.75 Å². The van der Waals surface area contributed by atoms with Gasteiger partial charge in [-0.15, -0.1) is 0 Å². The average molecular weight is 356 g/mol. The van der Waals surface area contributed by atoms with E-state index in [0.29, 0.717) is 28.0 Å². The molecule has 0 saturated carbocycles. The molecule has 27 heavy (non-hydrogen) atoms. The highest BCUT2D eigenvalue weighted by atomic mass is 16.3. The van der Waals surface area contributed by atoms with Gasteiger partial charge >= 0.3 is 0 Å². The normalized spacial score (nSPS) is 10.9. The minimum Gasteiger partial charge on any atom is -0.508 e. The van der Waals surface area contributed by atoms with Gasteiger partial charge in [-0.05, 0) is 38.1 Å². The Bertz CT molecular complexity index is 1240. The summed E-state index contributed by atoms with van der Waals surface area (Å²) in [4.78, 5) is 8.92. The molecule has 0 aliphatic heterocycles. The molecule has 1 aromatic carbocycles. The Balaban J connectivity index is 2.02. The van der Waals surface area contributed by atoms with Crippen molar-refractivity contribution in [3.8, 4) is 34.2 Å². The van der Waals surface area contributed by atoms with Gasteiger partial charge in [-0.2, -0.15) is 10.4 Å². The second-order valence-electron chi connectivity index (χ2n) is 6.31. The molecule has 3 heterocycles. The maximum atomic E-state index is 9.77. The van der Waals surface area contributed by atoms with Crippen molar-refractivity contribution < 1.29 is 5.11 Å². The standard InChI is InChI=1S/C20H16N6O/c1-11-6-12(2)26-20(24-11)17(10-23-26)15-8-18(25-19(22)16(15)9-21)13-4-3-5-14(27)7-13/h3-8,10,27H,1-2H3,(H2,22,25). The molecule has 0 saturated heterocycles. The van der Waals surface area contributed by atoms with E-state index in [1.165, 1.54) is 0 Å². The molecule has 7 nitrogen and oxygen atoms in total. The number of nitrogens with two attached hydrogens (primary N) is 1. The third-order valence-corrected chi connectivity index (χ3v) is 4.37. The number of aromatic nitrogens is 4. The molecule has 0 unspecified atom stereocenters. The highest BCUT2D eigenvalue weighted by molar-refractivity contribution is 5.86. The number of benzene rings is 1. The van der Waals surface area contributed by atoms with Gasteiger partial charge in [-0.25, -0.2) is 14.5 Å². The fourth-order valence-electron chi connectivity index (χ4n) is 3.17. The minimum absolute atomic E-state index is 0.122. The summed E-state index contributed by atoms with van der Waals surface area (Å²) in [6, 6.07) is 12.6. The number of hydrogen-bond donors (Lipinski definition) is 2. The van der Waals surface area contributed by atoms with Gasteiger partial charge in [0, 0.05) is 28.1 Å². The zero-order chi connectivity index (χ0) is 19.1. The van der Waals surface area contributed by atoms with Crippen LogP contribution >= 0.6 is 0 Å². The van der Waals surface area contributed by atoms with Crippen LogP contribution in [0.25, 0.3) is 28.0 Å². The molecule has 0 fully saturated rings. The highest BCUT2D eigenvalue weighted by Gasteiger charge is 2.18. The second kappa shape index (κ2) is 6.11. The van der Waals surface area contributed by atoms with E-state index in [0.717, 1.165) is 11.4 Å². The molecule has 0 amide bonds. The van der Waals surface area contributed by atoms with Gasteiger partial charge in [0.15, 0.2) is 5.65 Å². The first-order valence-corrected chi connectivity index (χ1v) is 8.30. The number of hydrogen-bond acceptors (Lipinski definition) is 6. The van der Waals surface area contributed by atoms with Crippen molar-refractivity contribution >= 4 is 11.5 Å². The van der Waals surface area contributed by atoms with Crippen molar-refractivity contribution in [2.45, 2.75) is 13.8 Å². The average Bonchev–Trinajstić information content (AvgIpc) is 3.05. The van der Waals surface area contributed by atoms with Crippen LogP contribution in [0, 0.1) is 25.2 Å². The van der Waals surface area contributed by atoms with E-state index < -0.39 is 0 Å². The van der Waals surface area contributed by atoms with Gasteiger partial charge < -0.3 is 10.8 Å². The molecule has 7 heteroatoms. The number of aromatic hydroxyl groups is 1. The lowest BCUT2D eigenvalue weighted by atomic mass is 10.00. The van der Waals surface area contributed by atoms with Gasteiger partial charge in [0.1, 0.15) is 23.2 Å². The van der Waals surface area contributed by atoms with Crippen LogP contribution in [-0.2, 0) is 0 Å². The number of pyridine rings is 1. The van der Waals surface area contributed by atoms with Gasteiger partial charge in [0.2, 0.25) is 0 Å². The lowest BCUT2D eigenvalue weighted by Crippen LogP contribution is -2.01. The van der Waals surface area contributed by atoms with Crippen molar-refractivity contribution in [3.05, 3.63) is 59.5 Å². The van der Waals surface area contributed by atoms with Gasteiger partial charge in [0.25, 0.3) is 0 Å². The number of nitrogens with zero attached hydrogens (tertiary/aromatic N) is 5. The molecule has 4 rings (SSSR count). The van der Waals surface area contributed by atoms with Crippen LogP contribution in [0.3, 0.4) is 0 Å². The van der Waals surface area contributed by atoms with Crippen LogP contribution in [0.1, 0.15) is 17.0 Å². The third-order valence-electron chi connectivity index (χ3n) is 4.37. The Hall–Kier alpha value is -3.92. The summed E-state index contributed by atoms with van der Waals surface area (Å²) in [5, 5.41) is 23.8.